The van der Waals surface area contributed by atoms with Crippen molar-refractivity contribution < 1.29 is 15.8 Å². The number of carbonyl (C=O) groups is 1. The highest BCUT2D eigenvalue weighted by Crippen LogP contribution is 2.20. The van der Waals surface area contributed by atoms with Gasteiger partial charge in [-0.15, -0.1) is 12.4 Å². The number of nitrogens with zero attached hydrogens (tertiary/aromatic N) is 1. The normalized spacial score (nSPS) is 33.7. The standard InChI is InChI=1S/C16H23NO.ClH/c1-2-3-11-15(17-12-7-8-13-17)16(18)14-9-5-4-6-10-14;/h4-6,9-10,15H,2-3,7-8,11-13H2,1H3;1H/i7D2,8D2,12D2,13D2;. The van der Waals surface area contributed by atoms with Gasteiger partial charge < -0.3 is 0 Å². The molecule has 2 rings (SSSR count). The molecule has 1 atom stereocenters. The summed E-state index contributed by atoms with van der Waals surface area (Å²) in [6, 6.07) is 6.74. The third kappa shape index (κ3) is 4.32. The number of unbranched alkanes of at least 4 members (excludes halogenated alkanes) is 1. The minimum atomic E-state index is -3.13. The van der Waals surface area contributed by atoms with Crippen molar-refractivity contribution in [1.82, 2.24) is 4.90 Å². The van der Waals surface area contributed by atoms with Crippen LogP contribution in [0.2, 0.25) is 0 Å². The molecule has 1 unspecified atom stereocenters. The molecule has 0 aliphatic carbocycles. The number of hydrogen-bond donors (Lipinski definition) is 0. The molecule has 1 aromatic rings. The highest BCUT2D eigenvalue weighted by molar-refractivity contribution is 6.00. The number of ketones is 1. The number of halogens is 1. The number of rotatable bonds is 6. The molecule has 1 aliphatic heterocycles. The van der Waals surface area contributed by atoms with Crippen molar-refractivity contribution in [3.8, 4) is 0 Å². The summed E-state index contributed by atoms with van der Waals surface area (Å²) in [5.74, 6) is -0.541. The zero-order chi connectivity index (χ0) is 20.0. The van der Waals surface area contributed by atoms with Crippen LogP contribution in [0.15, 0.2) is 30.3 Å². The van der Waals surface area contributed by atoms with E-state index in [4.69, 9.17) is 11.0 Å². The first-order valence-corrected chi connectivity index (χ1v) is 6.22. The van der Waals surface area contributed by atoms with E-state index < -0.39 is 37.6 Å². The van der Waals surface area contributed by atoms with Gasteiger partial charge in [-0.25, -0.2) is 0 Å². The molecule has 0 bridgehead atoms. The van der Waals surface area contributed by atoms with E-state index >= 15 is 0 Å². The molecule has 0 aromatic heterocycles. The van der Waals surface area contributed by atoms with Crippen LogP contribution in [-0.4, -0.2) is 29.7 Å². The lowest BCUT2D eigenvalue weighted by Gasteiger charge is -2.26. The Morgan fingerprint density at radius 2 is 1.95 bits per heavy atom. The van der Waals surface area contributed by atoms with E-state index in [1.165, 1.54) is 12.1 Å². The summed E-state index contributed by atoms with van der Waals surface area (Å²) in [7, 11) is 0. The SMILES string of the molecule is Cl.[2H]C1([2H])N(C(CCCC)C(=O)c2ccccc2)C([2H])([2H])C([2H])([2H])C1([2H])[2H]. The van der Waals surface area contributed by atoms with Crippen LogP contribution in [0.4, 0.5) is 0 Å². The fourth-order valence-corrected chi connectivity index (χ4v) is 1.93. The van der Waals surface area contributed by atoms with Gasteiger partial charge in [-0.3, -0.25) is 9.69 Å². The Hall–Kier alpha value is -0.860. The monoisotopic (exact) mass is 289 g/mol. The van der Waals surface area contributed by atoms with E-state index in [-0.39, 0.29) is 24.4 Å². The molecule has 1 aliphatic rings. The van der Waals surface area contributed by atoms with Gasteiger partial charge >= 0.3 is 0 Å². The topological polar surface area (TPSA) is 20.3 Å². The molecule has 19 heavy (non-hydrogen) atoms. The number of Topliss-reactive ketones (excluding diaryl/α,β-unsaturated/α-hetero) is 1. The quantitative estimate of drug-likeness (QED) is 0.739. The number of carbonyl (C=O) groups excluding carboxylic acids is 1. The zero-order valence-electron chi connectivity index (χ0n) is 18.8. The van der Waals surface area contributed by atoms with Gasteiger partial charge in [-0.05, 0) is 32.2 Å². The van der Waals surface area contributed by atoms with Crippen molar-refractivity contribution in [3.05, 3.63) is 35.9 Å². The number of likely N-dealkylation sites (tertiary alicyclic amines) is 1. The van der Waals surface area contributed by atoms with Gasteiger partial charge in [0.25, 0.3) is 0 Å². The van der Waals surface area contributed by atoms with Crippen LogP contribution in [-0.2, 0) is 0 Å². The molecule has 1 heterocycles. The second kappa shape index (κ2) is 8.34. The van der Waals surface area contributed by atoms with Crippen molar-refractivity contribution in [2.45, 2.75) is 45.0 Å². The summed E-state index contributed by atoms with van der Waals surface area (Å²) in [6.45, 7) is -4.12. The second-order valence-electron chi connectivity index (χ2n) is 4.23. The fourth-order valence-electron chi connectivity index (χ4n) is 1.93. The van der Waals surface area contributed by atoms with Gasteiger partial charge in [0, 0.05) is 16.5 Å². The molecule has 0 amide bonds. The first-order valence-electron chi connectivity index (χ1n) is 10.2. The first-order chi connectivity index (χ1) is 11.8. The first kappa shape index (κ1) is 7.80. The van der Waals surface area contributed by atoms with E-state index in [0.717, 1.165) is 0 Å². The Bertz CT molecular complexity index is 642. The summed E-state index contributed by atoms with van der Waals surface area (Å²) in [5.41, 5.74) is 0.258. The van der Waals surface area contributed by atoms with E-state index in [1.807, 2.05) is 6.92 Å². The fraction of sp³-hybridized carbons (Fsp3) is 0.562. The van der Waals surface area contributed by atoms with Crippen LogP contribution in [0, 0.1) is 0 Å². The minimum absolute atomic E-state index is 0. The Morgan fingerprint density at radius 1 is 1.32 bits per heavy atom. The van der Waals surface area contributed by atoms with Crippen molar-refractivity contribution in [2.75, 3.05) is 13.0 Å². The molecule has 106 valence electrons. The molecule has 3 heteroatoms. The summed E-state index contributed by atoms with van der Waals surface area (Å²) in [4.78, 5) is 13.5. The number of benzene rings is 1. The molecule has 0 spiro atoms. The summed E-state index contributed by atoms with van der Waals surface area (Å²) in [6.07, 6.45) is -4.98. The molecule has 1 fully saturated rings. The molecule has 1 aromatic carbocycles. The van der Waals surface area contributed by atoms with Crippen LogP contribution in [0.1, 0.15) is 60.3 Å². The molecule has 2 nitrogen and oxygen atoms in total. The lowest BCUT2D eigenvalue weighted by Crippen LogP contribution is -2.39. The minimum Gasteiger partial charge on any atom is -0.293 e. The van der Waals surface area contributed by atoms with Crippen molar-refractivity contribution in [3.63, 3.8) is 0 Å². The van der Waals surface area contributed by atoms with Crippen LogP contribution in [0.25, 0.3) is 0 Å². The largest absolute Gasteiger partial charge is 0.293 e. The summed E-state index contributed by atoms with van der Waals surface area (Å²) < 4.78 is 64.3. The van der Waals surface area contributed by atoms with Crippen LogP contribution in [0.5, 0.6) is 0 Å². The summed E-state index contributed by atoms with van der Waals surface area (Å²) >= 11 is 0. The smallest absolute Gasteiger partial charge is 0.179 e. The lowest BCUT2D eigenvalue weighted by molar-refractivity contribution is 0.0835. The predicted molar refractivity (Wildman–Crippen MR) is 82.1 cm³/mol. The van der Waals surface area contributed by atoms with Gasteiger partial charge in [0.15, 0.2) is 5.78 Å². The van der Waals surface area contributed by atoms with E-state index in [0.29, 0.717) is 17.7 Å². The molecule has 0 radical (unpaired) electrons. The maximum atomic E-state index is 13.0. The highest BCUT2D eigenvalue weighted by atomic mass is 35.5. The molecule has 0 saturated carbocycles. The van der Waals surface area contributed by atoms with Crippen molar-refractivity contribution in [2.24, 2.45) is 0 Å². The van der Waals surface area contributed by atoms with Crippen LogP contribution >= 0.6 is 12.4 Å². The van der Waals surface area contributed by atoms with E-state index in [1.54, 1.807) is 18.2 Å². The van der Waals surface area contributed by atoms with Gasteiger partial charge in [-0.2, -0.15) is 0 Å². The third-order valence-corrected chi connectivity index (χ3v) is 2.92. The average molecular weight is 290 g/mol. The molecular weight excluding hydrogens is 258 g/mol. The average Bonchev–Trinajstić information content (AvgIpc) is 2.63. The maximum absolute atomic E-state index is 13.0. The molecule has 1 saturated heterocycles. The van der Waals surface area contributed by atoms with Gasteiger partial charge in [0.05, 0.1) is 6.04 Å². The maximum Gasteiger partial charge on any atom is 0.179 e. The highest BCUT2D eigenvalue weighted by Gasteiger charge is 2.27. The Kier molecular flexibility index (Phi) is 3.42. The Balaban J connectivity index is 0.00000364. The third-order valence-electron chi connectivity index (χ3n) is 2.92. The van der Waals surface area contributed by atoms with Gasteiger partial charge in [0.2, 0.25) is 0 Å². The van der Waals surface area contributed by atoms with Crippen molar-refractivity contribution in [1.29, 1.82) is 0 Å². The number of hydrogen-bond acceptors (Lipinski definition) is 2. The van der Waals surface area contributed by atoms with Crippen LogP contribution in [0.3, 0.4) is 0 Å². The summed E-state index contributed by atoms with van der Waals surface area (Å²) in [5, 5.41) is 0. The van der Waals surface area contributed by atoms with E-state index in [9.17, 15) is 4.79 Å². The van der Waals surface area contributed by atoms with Crippen molar-refractivity contribution >= 4 is 18.2 Å². The second-order valence-corrected chi connectivity index (χ2v) is 4.23. The zero-order valence-corrected chi connectivity index (χ0v) is 11.7. The molecular formula is C16H24ClNO. The predicted octanol–water partition coefficient (Wildman–Crippen LogP) is 3.95. The van der Waals surface area contributed by atoms with Gasteiger partial charge in [0.1, 0.15) is 0 Å². The van der Waals surface area contributed by atoms with Crippen LogP contribution < -0.4 is 0 Å². The Morgan fingerprint density at radius 3 is 2.53 bits per heavy atom. The van der Waals surface area contributed by atoms with Gasteiger partial charge in [-0.1, -0.05) is 50.1 Å². The molecule has 0 N–H and O–H groups in total. The van der Waals surface area contributed by atoms with E-state index in [2.05, 4.69) is 0 Å². The Labute approximate surface area is 133 Å². The lowest BCUT2D eigenvalue weighted by atomic mass is 9.98.